The Morgan fingerprint density at radius 1 is 1.00 bits per heavy atom. The smallest absolute Gasteiger partial charge is 0.338 e. The van der Waals surface area contributed by atoms with Gasteiger partial charge in [-0.1, -0.05) is 54.6 Å². The first-order valence-corrected chi connectivity index (χ1v) is 12.8. The summed E-state index contributed by atoms with van der Waals surface area (Å²) in [6.07, 6.45) is 2.93. The molecule has 6 nitrogen and oxygen atoms in total. The van der Waals surface area contributed by atoms with Gasteiger partial charge in [0.15, 0.2) is 11.4 Å². The molecule has 0 spiro atoms. The maximum Gasteiger partial charge on any atom is 0.338 e. The van der Waals surface area contributed by atoms with E-state index < -0.39 is 36.0 Å². The van der Waals surface area contributed by atoms with Crippen LogP contribution in [0.25, 0.3) is 11.1 Å². The highest BCUT2D eigenvalue weighted by molar-refractivity contribution is 7.09. The van der Waals surface area contributed by atoms with Gasteiger partial charge >= 0.3 is 11.9 Å². The molecule has 1 aliphatic rings. The van der Waals surface area contributed by atoms with Gasteiger partial charge in [-0.2, -0.15) is 0 Å². The Morgan fingerprint density at radius 3 is 2.50 bits per heavy atom. The van der Waals surface area contributed by atoms with Gasteiger partial charge in [0.05, 0.1) is 18.1 Å². The van der Waals surface area contributed by atoms with E-state index in [9.17, 15) is 24.6 Å². The topological polar surface area (TPSA) is 101 Å². The Hall–Kier alpha value is -3.55. The molecule has 2 N–H and O–H groups in total. The monoisotopic (exact) mass is 504 g/mol. The molecule has 7 heteroatoms. The second-order valence-corrected chi connectivity index (χ2v) is 10.00. The number of hydrogen-bond acceptors (Lipinski definition) is 6. The number of carbonyl (C=O) groups excluding carboxylic acids is 2. The lowest BCUT2D eigenvalue weighted by atomic mass is 9.85. The lowest BCUT2D eigenvalue weighted by Crippen LogP contribution is -2.48. The molecule has 0 amide bonds. The average Bonchev–Trinajstić information content (AvgIpc) is 3.50. The zero-order chi connectivity index (χ0) is 25.5. The molecule has 0 bridgehead atoms. The SMILES string of the molecule is O=C(O)CC1(OC(=O)c2cccc(-c3ccccc3)c2)C(O)CCC1C=CC(=O)CCc1cccs1. The molecular formula is C29H28O6S. The van der Waals surface area contributed by atoms with E-state index in [4.69, 9.17) is 4.74 Å². The third-order valence-electron chi connectivity index (χ3n) is 6.57. The number of carboxylic acids is 1. The number of benzene rings is 2. The van der Waals surface area contributed by atoms with E-state index in [0.29, 0.717) is 19.3 Å². The Kier molecular flexibility index (Phi) is 8.13. The van der Waals surface area contributed by atoms with Crippen molar-refractivity contribution in [2.75, 3.05) is 0 Å². The number of aliphatic carboxylic acids is 1. The van der Waals surface area contributed by atoms with Gasteiger partial charge in [-0.15, -0.1) is 11.3 Å². The van der Waals surface area contributed by atoms with Crippen molar-refractivity contribution in [2.45, 2.75) is 43.8 Å². The lowest BCUT2D eigenvalue weighted by Gasteiger charge is -2.35. The van der Waals surface area contributed by atoms with Gasteiger partial charge in [0.25, 0.3) is 0 Å². The quantitative estimate of drug-likeness (QED) is 0.287. The van der Waals surface area contributed by atoms with E-state index in [2.05, 4.69) is 0 Å². The minimum Gasteiger partial charge on any atom is -0.481 e. The maximum atomic E-state index is 13.2. The largest absolute Gasteiger partial charge is 0.481 e. The number of aryl methyl sites for hydroxylation is 1. The molecule has 1 heterocycles. The number of ether oxygens (including phenoxy) is 1. The Morgan fingerprint density at radius 2 is 1.78 bits per heavy atom. The predicted molar refractivity (Wildman–Crippen MR) is 138 cm³/mol. The van der Waals surface area contributed by atoms with Gasteiger partial charge in [0.1, 0.15) is 0 Å². The maximum absolute atomic E-state index is 13.2. The minimum atomic E-state index is -1.66. The van der Waals surface area contributed by atoms with E-state index >= 15 is 0 Å². The molecule has 1 aromatic heterocycles. The normalized spacial score (nSPS) is 21.5. The Balaban J connectivity index is 1.54. The fourth-order valence-corrected chi connectivity index (χ4v) is 5.40. The number of esters is 1. The molecule has 1 fully saturated rings. The highest BCUT2D eigenvalue weighted by Crippen LogP contribution is 2.43. The Bertz CT molecular complexity index is 1230. The van der Waals surface area contributed by atoms with Gasteiger partial charge in [-0.05, 0) is 60.0 Å². The van der Waals surface area contributed by atoms with E-state index in [1.54, 1.807) is 35.6 Å². The summed E-state index contributed by atoms with van der Waals surface area (Å²) in [5.74, 6) is -2.60. The van der Waals surface area contributed by atoms with Gasteiger partial charge < -0.3 is 14.9 Å². The molecule has 186 valence electrons. The summed E-state index contributed by atoms with van der Waals surface area (Å²) in [6.45, 7) is 0. The number of carboxylic acid groups (broad SMARTS) is 1. The standard InChI is InChI=1S/C29H28O6S/c30-24(14-15-25-10-5-17-36-25)13-11-23-12-16-26(31)29(23,19-27(32)33)35-28(34)22-9-4-8-21(18-22)20-6-2-1-3-7-20/h1-11,13,17-18,23,26,31H,12,14-16,19H2,(H,32,33). The highest BCUT2D eigenvalue weighted by atomic mass is 32.1. The fraction of sp³-hybridized carbons (Fsp3) is 0.276. The molecule has 3 unspecified atom stereocenters. The van der Waals surface area contributed by atoms with Crippen molar-refractivity contribution in [3.8, 4) is 11.1 Å². The Labute approximate surface area is 213 Å². The fourth-order valence-electron chi connectivity index (χ4n) is 4.69. The summed E-state index contributed by atoms with van der Waals surface area (Å²) in [4.78, 5) is 38.6. The van der Waals surface area contributed by atoms with Crippen molar-refractivity contribution in [1.82, 2.24) is 0 Å². The number of thiophene rings is 1. The molecule has 4 rings (SSSR count). The highest BCUT2D eigenvalue weighted by Gasteiger charge is 2.53. The summed E-state index contributed by atoms with van der Waals surface area (Å²) in [5.41, 5.74) is 0.346. The molecule has 0 aliphatic heterocycles. The van der Waals surface area contributed by atoms with Crippen molar-refractivity contribution in [1.29, 1.82) is 0 Å². The van der Waals surface area contributed by atoms with Crippen LogP contribution in [0.4, 0.5) is 0 Å². The number of aliphatic hydroxyl groups is 1. The first-order valence-electron chi connectivity index (χ1n) is 11.9. The third-order valence-corrected chi connectivity index (χ3v) is 7.51. The van der Waals surface area contributed by atoms with Crippen LogP contribution in [0, 0.1) is 5.92 Å². The van der Waals surface area contributed by atoms with Crippen LogP contribution in [-0.4, -0.2) is 39.6 Å². The molecule has 1 saturated carbocycles. The zero-order valence-corrected chi connectivity index (χ0v) is 20.5. The van der Waals surface area contributed by atoms with Crippen LogP contribution in [-0.2, 0) is 20.7 Å². The van der Waals surface area contributed by atoms with E-state index in [1.165, 1.54) is 6.08 Å². The molecular weight excluding hydrogens is 476 g/mol. The average molecular weight is 505 g/mol. The second kappa shape index (κ2) is 11.5. The molecule has 36 heavy (non-hydrogen) atoms. The summed E-state index contributed by atoms with van der Waals surface area (Å²) in [7, 11) is 0. The number of aliphatic hydroxyl groups excluding tert-OH is 1. The van der Waals surface area contributed by atoms with Gasteiger partial charge in [-0.25, -0.2) is 4.79 Å². The van der Waals surface area contributed by atoms with E-state index in [1.807, 2.05) is 53.9 Å². The number of hydrogen-bond donors (Lipinski definition) is 2. The van der Waals surface area contributed by atoms with Crippen LogP contribution in [0.15, 0.2) is 84.3 Å². The molecule has 2 aromatic carbocycles. The van der Waals surface area contributed by atoms with Crippen molar-refractivity contribution in [2.24, 2.45) is 5.92 Å². The number of allylic oxidation sites excluding steroid dienone is 1. The van der Waals surface area contributed by atoms with Crippen molar-refractivity contribution >= 4 is 29.1 Å². The number of rotatable bonds is 10. The predicted octanol–water partition coefficient (Wildman–Crippen LogP) is 5.31. The third kappa shape index (κ3) is 5.98. The summed E-state index contributed by atoms with van der Waals surface area (Å²) < 4.78 is 5.83. The zero-order valence-electron chi connectivity index (χ0n) is 19.7. The molecule has 3 atom stereocenters. The molecule has 0 saturated heterocycles. The molecule has 1 aliphatic carbocycles. The van der Waals surface area contributed by atoms with Crippen molar-refractivity contribution < 1.29 is 29.3 Å². The molecule has 3 aromatic rings. The van der Waals surface area contributed by atoms with E-state index in [-0.39, 0.29) is 17.8 Å². The van der Waals surface area contributed by atoms with Crippen LogP contribution in [0.5, 0.6) is 0 Å². The van der Waals surface area contributed by atoms with Crippen LogP contribution < -0.4 is 0 Å². The minimum absolute atomic E-state index is 0.101. The first-order chi connectivity index (χ1) is 17.4. The summed E-state index contributed by atoms with van der Waals surface area (Å²) in [5, 5.41) is 22.4. The van der Waals surface area contributed by atoms with Crippen LogP contribution >= 0.6 is 11.3 Å². The summed E-state index contributed by atoms with van der Waals surface area (Å²) in [6, 6.07) is 20.3. The van der Waals surface area contributed by atoms with Crippen LogP contribution in [0.3, 0.4) is 0 Å². The first kappa shape index (κ1) is 25.5. The lowest BCUT2D eigenvalue weighted by molar-refractivity contribution is -0.150. The number of carbonyl (C=O) groups is 3. The summed E-state index contributed by atoms with van der Waals surface area (Å²) >= 11 is 1.59. The molecule has 0 radical (unpaired) electrons. The van der Waals surface area contributed by atoms with Crippen LogP contribution in [0.2, 0.25) is 0 Å². The van der Waals surface area contributed by atoms with Gasteiger partial charge in [0.2, 0.25) is 0 Å². The van der Waals surface area contributed by atoms with Crippen molar-refractivity contribution in [3.63, 3.8) is 0 Å². The van der Waals surface area contributed by atoms with Gasteiger partial charge in [-0.3, -0.25) is 9.59 Å². The number of ketones is 1. The van der Waals surface area contributed by atoms with Crippen molar-refractivity contribution in [3.05, 3.63) is 94.7 Å². The van der Waals surface area contributed by atoms with E-state index in [0.717, 1.165) is 16.0 Å². The van der Waals surface area contributed by atoms with Gasteiger partial charge in [0, 0.05) is 17.2 Å². The second-order valence-electron chi connectivity index (χ2n) is 8.97. The van der Waals surface area contributed by atoms with Crippen LogP contribution in [0.1, 0.15) is 40.9 Å².